The van der Waals surface area contributed by atoms with Crippen LogP contribution >= 0.6 is 0 Å². The van der Waals surface area contributed by atoms with E-state index in [1.165, 1.54) is 0 Å². The predicted molar refractivity (Wildman–Crippen MR) is 186 cm³/mol. The molecule has 0 aromatic heterocycles. The summed E-state index contributed by atoms with van der Waals surface area (Å²) in [6.07, 6.45) is 4.20. The molecule has 226 valence electrons. The van der Waals surface area contributed by atoms with E-state index in [1.54, 1.807) is 27.7 Å². The highest BCUT2D eigenvalue weighted by Gasteiger charge is 2.11. The highest BCUT2D eigenvalue weighted by molar-refractivity contribution is 5.99. The van der Waals surface area contributed by atoms with Crippen LogP contribution in [0.15, 0.2) is 121 Å². The van der Waals surface area contributed by atoms with Gasteiger partial charge in [-0.1, -0.05) is 121 Å². The van der Waals surface area contributed by atoms with Gasteiger partial charge in [0.25, 0.3) is 0 Å². The summed E-state index contributed by atoms with van der Waals surface area (Å²) in [5.74, 6) is 0.0389. The second-order valence-electron chi connectivity index (χ2n) is 11.3. The molecule has 46 heavy (non-hydrogen) atoms. The van der Waals surface area contributed by atoms with Gasteiger partial charge < -0.3 is 0 Å². The molecule has 0 unspecified atom stereocenters. The Hall–Kier alpha value is -5.74. The maximum Gasteiger partial charge on any atom is 0.159 e. The highest BCUT2D eigenvalue weighted by atomic mass is 16.1. The number of hydrogen-bond donors (Lipinski definition) is 0. The third-order valence-electron chi connectivity index (χ3n) is 7.97. The number of rotatable bonds is 10. The van der Waals surface area contributed by atoms with Crippen LogP contribution in [-0.4, -0.2) is 23.1 Å². The van der Waals surface area contributed by atoms with Crippen molar-refractivity contribution in [3.8, 4) is 0 Å². The van der Waals surface area contributed by atoms with Crippen molar-refractivity contribution in [3.63, 3.8) is 0 Å². The lowest BCUT2D eigenvalue weighted by atomic mass is 9.92. The van der Waals surface area contributed by atoms with Gasteiger partial charge in [0.15, 0.2) is 23.1 Å². The van der Waals surface area contributed by atoms with E-state index in [1.807, 2.05) is 97.1 Å². The van der Waals surface area contributed by atoms with Crippen LogP contribution in [-0.2, 0) is 0 Å². The third kappa shape index (κ3) is 7.48. The summed E-state index contributed by atoms with van der Waals surface area (Å²) in [5.41, 5.74) is 10.3. The molecule has 0 aliphatic carbocycles. The molecular weight excluding hydrogens is 568 g/mol. The molecule has 0 spiro atoms. The normalized spacial score (nSPS) is 10.5. The van der Waals surface area contributed by atoms with Crippen molar-refractivity contribution in [2.45, 2.75) is 27.7 Å². The van der Waals surface area contributed by atoms with Gasteiger partial charge in [0.1, 0.15) is 0 Å². The van der Waals surface area contributed by atoms with Gasteiger partial charge in [0, 0.05) is 22.3 Å². The van der Waals surface area contributed by atoms with Gasteiger partial charge in [0.2, 0.25) is 0 Å². The molecule has 5 rings (SSSR count). The van der Waals surface area contributed by atoms with E-state index in [0.29, 0.717) is 22.3 Å². The van der Waals surface area contributed by atoms with Crippen LogP contribution in [0.4, 0.5) is 0 Å². The summed E-state index contributed by atoms with van der Waals surface area (Å²) in [4.78, 5) is 47.5. The number of benzene rings is 5. The molecule has 5 aromatic carbocycles. The maximum absolute atomic E-state index is 11.9. The van der Waals surface area contributed by atoms with E-state index in [4.69, 9.17) is 0 Å². The monoisotopic (exact) mass is 602 g/mol. The van der Waals surface area contributed by atoms with Gasteiger partial charge in [0.05, 0.1) is 0 Å². The Labute approximate surface area is 269 Å². The molecule has 0 N–H and O–H groups in total. The molecule has 0 fully saturated rings. The van der Waals surface area contributed by atoms with Gasteiger partial charge in [-0.3, -0.25) is 19.2 Å². The van der Waals surface area contributed by atoms with Crippen LogP contribution < -0.4 is 0 Å². The number of hydrogen-bond acceptors (Lipinski definition) is 4. The fraction of sp³-hybridized carbons (Fsp3) is 0.0952. The van der Waals surface area contributed by atoms with Gasteiger partial charge in [-0.05, 0) is 84.4 Å². The molecule has 0 aliphatic rings. The standard InChI is InChI=1S/C42H34O4/c1-27(43)33-9-17-37(18-10-33)41(38-19-11-34(12-20-38)28(2)44)25-31-5-7-32(8-6-31)26-42(39-21-13-35(14-22-39)29(3)45)40-23-15-36(16-24-40)30(4)46/h5-26H,1-4H3. The number of carbonyl (C=O) groups is 4. The van der Waals surface area contributed by atoms with E-state index < -0.39 is 0 Å². The van der Waals surface area contributed by atoms with Crippen LogP contribution in [0.2, 0.25) is 0 Å². The number of ketones is 4. The molecule has 0 amide bonds. The maximum atomic E-state index is 11.9. The summed E-state index contributed by atoms with van der Waals surface area (Å²) in [6, 6.07) is 38.4. The van der Waals surface area contributed by atoms with Crippen molar-refractivity contribution in [2.75, 3.05) is 0 Å². The van der Waals surface area contributed by atoms with Crippen molar-refractivity contribution in [3.05, 3.63) is 177 Å². The van der Waals surface area contributed by atoms with E-state index in [-0.39, 0.29) is 23.1 Å². The smallest absolute Gasteiger partial charge is 0.159 e. The summed E-state index contributed by atoms with van der Waals surface area (Å²) in [5, 5.41) is 0. The molecule has 0 radical (unpaired) electrons. The van der Waals surface area contributed by atoms with E-state index in [9.17, 15) is 19.2 Å². The van der Waals surface area contributed by atoms with Crippen molar-refractivity contribution in [1.29, 1.82) is 0 Å². The summed E-state index contributed by atoms with van der Waals surface area (Å²) in [6.45, 7) is 6.21. The average molecular weight is 603 g/mol. The van der Waals surface area contributed by atoms with Crippen molar-refractivity contribution >= 4 is 46.4 Å². The minimum atomic E-state index is 0.00972. The Morgan fingerprint density at radius 3 is 0.652 bits per heavy atom. The molecule has 0 saturated carbocycles. The molecule has 0 atom stereocenters. The first-order chi connectivity index (χ1) is 22.1. The molecular formula is C42H34O4. The fourth-order valence-corrected chi connectivity index (χ4v) is 5.23. The first kappa shape index (κ1) is 31.7. The summed E-state index contributed by atoms with van der Waals surface area (Å²) in [7, 11) is 0. The van der Waals surface area contributed by atoms with Gasteiger partial charge >= 0.3 is 0 Å². The molecule has 0 saturated heterocycles. The summed E-state index contributed by atoms with van der Waals surface area (Å²) >= 11 is 0. The van der Waals surface area contributed by atoms with Crippen LogP contribution in [0.25, 0.3) is 23.3 Å². The fourth-order valence-electron chi connectivity index (χ4n) is 5.23. The Morgan fingerprint density at radius 2 is 0.478 bits per heavy atom. The van der Waals surface area contributed by atoms with Crippen LogP contribution in [0.3, 0.4) is 0 Å². The van der Waals surface area contributed by atoms with E-state index in [2.05, 4.69) is 36.4 Å². The number of Topliss-reactive ketones (excluding diaryl/α,β-unsaturated/α-hetero) is 4. The van der Waals surface area contributed by atoms with Crippen LogP contribution in [0.5, 0.6) is 0 Å². The van der Waals surface area contributed by atoms with Crippen LogP contribution in [0.1, 0.15) is 103 Å². The molecule has 4 nitrogen and oxygen atoms in total. The quantitative estimate of drug-likeness (QED) is 0.118. The third-order valence-corrected chi connectivity index (χ3v) is 7.97. The summed E-state index contributed by atoms with van der Waals surface area (Å²) < 4.78 is 0. The lowest BCUT2D eigenvalue weighted by molar-refractivity contribution is 0.100. The topological polar surface area (TPSA) is 68.3 Å². The second-order valence-corrected chi connectivity index (χ2v) is 11.3. The SMILES string of the molecule is CC(=O)c1ccc(C(=Cc2ccc(C=C(c3ccc(C(C)=O)cc3)c3ccc(C(C)=O)cc3)cc2)c2ccc(C(C)=O)cc2)cc1. The first-order valence-electron chi connectivity index (χ1n) is 15.1. The first-order valence-corrected chi connectivity index (χ1v) is 15.1. The number of carbonyl (C=O) groups excluding carboxylic acids is 4. The van der Waals surface area contributed by atoms with Crippen molar-refractivity contribution in [1.82, 2.24) is 0 Å². The van der Waals surface area contributed by atoms with Gasteiger partial charge in [-0.25, -0.2) is 0 Å². The van der Waals surface area contributed by atoms with Gasteiger partial charge in [-0.15, -0.1) is 0 Å². The second kappa shape index (κ2) is 13.9. The largest absolute Gasteiger partial charge is 0.295 e. The minimum Gasteiger partial charge on any atom is -0.295 e. The Kier molecular flexibility index (Phi) is 9.58. The van der Waals surface area contributed by atoms with Crippen molar-refractivity contribution < 1.29 is 19.2 Å². The minimum absolute atomic E-state index is 0.00972. The molecule has 4 heteroatoms. The van der Waals surface area contributed by atoms with Crippen LogP contribution in [0, 0.1) is 0 Å². The zero-order chi connectivity index (χ0) is 32.8. The molecule has 0 bridgehead atoms. The van der Waals surface area contributed by atoms with Crippen molar-refractivity contribution in [2.24, 2.45) is 0 Å². The predicted octanol–water partition coefficient (Wildman–Crippen LogP) is 9.67. The zero-order valence-electron chi connectivity index (χ0n) is 26.3. The Bertz CT molecular complexity index is 1700. The molecule has 5 aromatic rings. The zero-order valence-corrected chi connectivity index (χ0v) is 26.3. The highest BCUT2D eigenvalue weighted by Crippen LogP contribution is 2.30. The lowest BCUT2D eigenvalue weighted by Crippen LogP contribution is -1.96. The van der Waals surface area contributed by atoms with E-state index in [0.717, 1.165) is 44.5 Å². The molecule has 0 aliphatic heterocycles. The van der Waals surface area contributed by atoms with E-state index >= 15 is 0 Å². The Morgan fingerprint density at radius 1 is 0.304 bits per heavy atom. The Balaban J connectivity index is 1.54. The lowest BCUT2D eigenvalue weighted by Gasteiger charge is -2.12. The average Bonchev–Trinajstić information content (AvgIpc) is 3.07. The molecule has 0 heterocycles. The van der Waals surface area contributed by atoms with Gasteiger partial charge in [-0.2, -0.15) is 0 Å².